The van der Waals surface area contributed by atoms with E-state index < -0.39 is 6.04 Å². The van der Waals surface area contributed by atoms with Crippen molar-refractivity contribution in [1.82, 2.24) is 29.6 Å². The highest BCUT2D eigenvalue weighted by Gasteiger charge is 2.22. The molecule has 2 N–H and O–H groups in total. The summed E-state index contributed by atoms with van der Waals surface area (Å²) in [5.41, 5.74) is 1.68. The summed E-state index contributed by atoms with van der Waals surface area (Å²) >= 11 is 11.4. The van der Waals surface area contributed by atoms with Crippen molar-refractivity contribution in [2.75, 3.05) is 6.61 Å². The Balaban J connectivity index is 1.58. The number of benzene rings is 2. The first-order chi connectivity index (χ1) is 16.0. The van der Waals surface area contributed by atoms with Gasteiger partial charge in [0.05, 0.1) is 6.61 Å². The number of nitrogens with one attached hydrogen (secondary N) is 2. The van der Waals surface area contributed by atoms with Gasteiger partial charge in [0, 0.05) is 30.0 Å². The third-order valence-electron chi connectivity index (χ3n) is 5.11. The van der Waals surface area contributed by atoms with Gasteiger partial charge in [0.2, 0.25) is 5.91 Å². The summed E-state index contributed by atoms with van der Waals surface area (Å²) < 4.78 is 9.39. The second-order valence-corrected chi connectivity index (χ2v) is 8.17. The Morgan fingerprint density at radius 1 is 1.21 bits per heavy atom. The normalized spacial score (nSPS) is 11.8. The van der Waals surface area contributed by atoms with Crippen LogP contribution >= 0.6 is 23.8 Å². The predicted octanol–water partition coefficient (Wildman–Crippen LogP) is 4.30. The van der Waals surface area contributed by atoms with Crippen molar-refractivity contribution in [3.63, 3.8) is 0 Å². The van der Waals surface area contributed by atoms with Crippen LogP contribution in [0.3, 0.4) is 0 Å². The Kier molecular flexibility index (Phi) is 6.90. The van der Waals surface area contributed by atoms with Crippen molar-refractivity contribution in [3.05, 3.63) is 82.1 Å². The minimum absolute atomic E-state index is 0.00755. The highest BCUT2D eigenvalue weighted by Crippen LogP contribution is 2.24. The number of halogens is 1. The molecule has 170 valence electrons. The molecule has 0 spiro atoms. The van der Waals surface area contributed by atoms with Crippen molar-refractivity contribution >= 4 is 29.7 Å². The first-order valence-electron chi connectivity index (χ1n) is 10.4. The zero-order chi connectivity index (χ0) is 23.4. The molecule has 4 rings (SSSR count). The third kappa shape index (κ3) is 5.15. The van der Waals surface area contributed by atoms with Gasteiger partial charge in [-0.1, -0.05) is 23.7 Å². The molecule has 10 heteroatoms. The van der Waals surface area contributed by atoms with E-state index >= 15 is 0 Å². The number of aryl methyl sites for hydroxylation is 1. The van der Waals surface area contributed by atoms with Crippen LogP contribution in [-0.4, -0.2) is 36.8 Å². The third-order valence-corrected chi connectivity index (χ3v) is 5.67. The van der Waals surface area contributed by atoms with Gasteiger partial charge in [0.25, 0.3) is 0 Å². The van der Waals surface area contributed by atoms with Gasteiger partial charge in [0.1, 0.15) is 24.2 Å². The molecule has 1 unspecified atom stereocenters. The molecule has 2 aromatic carbocycles. The number of carbonyl (C=O) groups excluding carboxylic acids is 1. The van der Waals surface area contributed by atoms with E-state index in [9.17, 15) is 4.79 Å². The maximum atomic E-state index is 13.1. The summed E-state index contributed by atoms with van der Waals surface area (Å²) in [6.07, 6.45) is 3.53. The summed E-state index contributed by atoms with van der Waals surface area (Å²) in [5.74, 6) is 1.80. The van der Waals surface area contributed by atoms with Crippen LogP contribution in [-0.2, 0) is 18.4 Å². The maximum absolute atomic E-state index is 13.1. The van der Waals surface area contributed by atoms with Crippen LogP contribution in [0, 0.1) is 4.77 Å². The lowest BCUT2D eigenvalue weighted by Gasteiger charge is -2.19. The number of nitrogens with zero attached hydrogens (tertiary/aromatic N) is 4. The van der Waals surface area contributed by atoms with Gasteiger partial charge in [-0.15, -0.1) is 0 Å². The molecule has 1 atom stereocenters. The molecule has 33 heavy (non-hydrogen) atoms. The zero-order valence-corrected chi connectivity index (χ0v) is 19.7. The molecule has 2 aromatic heterocycles. The zero-order valence-electron chi connectivity index (χ0n) is 18.2. The number of hydrogen-bond donors (Lipinski definition) is 2. The van der Waals surface area contributed by atoms with Crippen LogP contribution in [0.1, 0.15) is 24.4 Å². The van der Waals surface area contributed by atoms with E-state index in [1.54, 1.807) is 22.9 Å². The second kappa shape index (κ2) is 10.0. The molecule has 0 bridgehead atoms. The molecule has 0 aliphatic heterocycles. The Morgan fingerprint density at radius 2 is 1.94 bits per heavy atom. The molecule has 4 aromatic rings. The van der Waals surface area contributed by atoms with Gasteiger partial charge >= 0.3 is 0 Å². The first kappa shape index (κ1) is 22.8. The predicted molar refractivity (Wildman–Crippen MR) is 129 cm³/mol. The number of aromatic amines is 1. The summed E-state index contributed by atoms with van der Waals surface area (Å²) in [4.78, 5) is 17.6. The number of amides is 1. The fourth-order valence-corrected chi connectivity index (χ4v) is 3.83. The number of hydrogen-bond acceptors (Lipinski definition) is 5. The molecule has 0 saturated heterocycles. The Morgan fingerprint density at radius 3 is 2.58 bits per heavy atom. The number of carbonyl (C=O) groups is 1. The van der Waals surface area contributed by atoms with Crippen molar-refractivity contribution in [2.45, 2.75) is 19.5 Å². The quantitative estimate of drug-likeness (QED) is 0.365. The van der Waals surface area contributed by atoms with Crippen LogP contribution in [0.4, 0.5) is 0 Å². The standard InChI is InChI=1S/C23H23ClN6O2S/c1-3-32-18-10-6-16(7-11-18)21-27-28-23(33)30(21)14-19(31)26-20(22-25-12-13-29(22)2)15-4-8-17(24)9-5-15/h4-13,20H,3,14H2,1-2H3,(H,26,31)(H,28,33). The van der Waals surface area contributed by atoms with E-state index in [1.807, 2.05) is 61.1 Å². The second-order valence-electron chi connectivity index (χ2n) is 7.34. The van der Waals surface area contributed by atoms with Crippen molar-refractivity contribution < 1.29 is 9.53 Å². The lowest BCUT2D eigenvalue weighted by molar-refractivity contribution is -0.122. The monoisotopic (exact) mass is 482 g/mol. The highest BCUT2D eigenvalue weighted by atomic mass is 35.5. The smallest absolute Gasteiger partial charge is 0.240 e. The summed E-state index contributed by atoms with van der Waals surface area (Å²) in [5, 5.41) is 10.8. The molecule has 0 aliphatic rings. The van der Waals surface area contributed by atoms with Gasteiger partial charge in [-0.2, -0.15) is 5.10 Å². The minimum atomic E-state index is -0.454. The topological polar surface area (TPSA) is 89.8 Å². The fourth-order valence-electron chi connectivity index (χ4n) is 3.51. The van der Waals surface area contributed by atoms with Gasteiger partial charge in [-0.3, -0.25) is 14.5 Å². The van der Waals surface area contributed by atoms with Crippen LogP contribution in [0.2, 0.25) is 5.02 Å². The molecular weight excluding hydrogens is 460 g/mol. The van der Waals surface area contributed by atoms with Crippen molar-refractivity contribution in [3.8, 4) is 17.1 Å². The number of aromatic nitrogens is 5. The minimum Gasteiger partial charge on any atom is -0.494 e. The Hall–Kier alpha value is -3.43. The van der Waals surface area contributed by atoms with E-state index in [2.05, 4.69) is 20.5 Å². The summed E-state index contributed by atoms with van der Waals surface area (Å²) in [7, 11) is 1.88. The van der Waals surface area contributed by atoms with Crippen LogP contribution in [0.5, 0.6) is 5.75 Å². The van der Waals surface area contributed by atoms with E-state index in [0.29, 0.717) is 28.0 Å². The van der Waals surface area contributed by atoms with Gasteiger partial charge in [-0.05, 0) is 61.1 Å². The lowest BCUT2D eigenvalue weighted by atomic mass is 10.1. The first-order valence-corrected chi connectivity index (χ1v) is 11.2. The maximum Gasteiger partial charge on any atom is 0.240 e. The Labute approximate surface area is 201 Å². The van der Waals surface area contributed by atoms with Gasteiger partial charge in [-0.25, -0.2) is 4.98 Å². The molecular formula is C23H23ClN6O2S. The molecule has 0 aliphatic carbocycles. The number of H-pyrrole nitrogens is 1. The molecule has 8 nitrogen and oxygen atoms in total. The van der Waals surface area contributed by atoms with Crippen LogP contribution in [0.25, 0.3) is 11.4 Å². The van der Waals surface area contributed by atoms with Gasteiger partial charge in [0.15, 0.2) is 10.6 Å². The number of ether oxygens (including phenoxy) is 1. The fraction of sp³-hybridized carbons (Fsp3) is 0.217. The highest BCUT2D eigenvalue weighted by molar-refractivity contribution is 7.71. The molecule has 0 fully saturated rings. The average molecular weight is 483 g/mol. The van der Waals surface area contributed by atoms with Crippen molar-refractivity contribution in [2.24, 2.45) is 7.05 Å². The molecule has 0 saturated carbocycles. The van der Waals surface area contributed by atoms with E-state index in [1.165, 1.54) is 0 Å². The number of imidazole rings is 1. The summed E-state index contributed by atoms with van der Waals surface area (Å²) in [6, 6.07) is 14.4. The number of rotatable bonds is 8. The van der Waals surface area contributed by atoms with Crippen molar-refractivity contribution in [1.29, 1.82) is 0 Å². The largest absolute Gasteiger partial charge is 0.494 e. The lowest BCUT2D eigenvalue weighted by Crippen LogP contribution is -2.33. The molecule has 2 heterocycles. The van der Waals surface area contributed by atoms with E-state index in [4.69, 9.17) is 28.6 Å². The van der Waals surface area contributed by atoms with Gasteiger partial charge < -0.3 is 14.6 Å². The average Bonchev–Trinajstić information content (AvgIpc) is 3.39. The molecule has 0 radical (unpaired) electrons. The van der Waals surface area contributed by atoms with E-state index in [-0.39, 0.29) is 12.5 Å². The van der Waals surface area contributed by atoms with E-state index in [0.717, 1.165) is 16.9 Å². The summed E-state index contributed by atoms with van der Waals surface area (Å²) in [6.45, 7) is 2.51. The molecule has 1 amide bonds. The van der Waals surface area contributed by atoms with Crippen LogP contribution < -0.4 is 10.1 Å². The Bertz CT molecular complexity index is 1290. The SMILES string of the molecule is CCOc1ccc(-c2n[nH]c(=S)n2CC(=O)NC(c2ccc(Cl)cc2)c2nccn2C)cc1. The van der Waals surface area contributed by atoms with Crippen LogP contribution in [0.15, 0.2) is 60.9 Å².